The van der Waals surface area contributed by atoms with E-state index in [9.17, 15) is 0 Å². The number of piperidine rings is 1. The summed E-state index contributed by atoms with van der Waals surface area (Å²) in [5, 5.41) is 9.15. The van der Waals surface area contributed by atoms with Crippen LogP contribution in [0, 0.1) is 17.2 Å². The van der Waals surface area contributed by atoms with E-state index in [1.807, 2.05) is 18.2 Å². The molecule has 0 radical (unpaired) electrons. The second-order valence-electron chi connectivity index (χ2n) is 4.44. The van der Waals surface area contributed by atoms with Gasteiger partial charge in [0.1, 0.15) is 6.07 Å². The van der Waals surface area contributed by atoms with Crippen molar-refractivity contribution < 1.29 is 0 Å². The summed E-state index contributed by atoms with van der Waals surface area (Å²) in [5.41, 5.74) is 7.47. The van der Waals surface area contributed by atoms with Crippen molar-refractivity contribution in [3.8, 4) is 6.07 Å². The highest BCUT2D eigenvalue weighted by atomic mass is 79.9. The number of nitrogens with zero attached hydrogens (tertiary/aromatic N) is 2. The molecule has 3 nitrogen and oxygen atoms in total. The highest BCUT2D eigenvalue weighted by Gasteiger charge is 2.20. The Hall–Kier alpha value is -1.05. The summed E-state index contributed by atoms with van der Waals surface area (Å²) in [7, 11) is 0. The Labute approximate surface area is 110 Å². The molecule has 1 aliphatic rings. The minimum atomic E-state index is 0.646. The number of nitriles is 1. The van der Waals surface area contributed by atoms with Gasteiger partial charge in [0.05, 0.1) is 11.3 Å². The molecule has 0 bridgehead atoms. The molecule has 0 amide bonds. The smallest absolute Gasteiger partial charge is 0.101 e. The largest absolute Gasteiger partial charge is 0.370 e. The minimum absolute atomic E-state index is 0.646. The van der Waals surface area contributed by atoms with Gasteiger partial charge in [-0.25, -0.2) is 0 Å². The number of rotatable bonds is 2. The number of anilines is 1. The Bertz CT molecular complexity index is 431. The van der Waals surface area contributed by atoms with Crippen molar-refractivity contribution in [3.05, 3.63) is 28.2 Å². The van der Waals surface area contributed by atoms with Crippen LogP contribution in [0.5, 0.6) is 0 Å². The molecular formula is C13H16BrN3. The lowest BCUT2D eigenvalue weighted by Gasteiger charge is -2.33. The van der Waals surface area contributed by atoms with Gasteiger partial charge in [-0.3, -0.25) is 0 Å². The number of nitrogens with two attached hydrogens (primary N) is 1. The average molecular weight is 294 g/mol. The van der Waals surface area contributed by atoms with Crippen LogP contribution in [-0.2, 0) is 0 Å². The summed E-state index contributed by atoms with van der Waals surface area (Å²) in [4.78, 5) is 2.29. The molecule has 4 heteroatoms. The van der Waals surface area contributed by atoms with Crippen LogP contribution in [0.1, 0.15) is 18.4 Å². The molecule has 1 heterocycles. The molecule has 0 spiro atoms. The summed E-state index contributed by atoms with van der Waals surface area (Å²) in [6.45, 7) is 2.77. The van der Waals surface area contributed by atoms with E-state index >= 15 is 0 Å². The third-order valence-electron chi connectivity index (χ3n) is 3.37. The van der Waals surface area contributed by atoms with Crippen molar-refractivity contribution in [1.29, 1.82) is 5.26 Å². The van der Waals surface area contributed by atoms with Crippen LogP contribution in [0.15, 0.2) is 22.7 Å². The molecule has 1 fully saturated rings. The van der Waals surface area contributed by atoms with Crippen molar-refractivity contribution in [3.63, 3.8) is 0 Å². The molecule has 2 rings (SSSR count). The lowest BCUT2D eigenvalue weighted by atomic mass is 9.96. The van der Waals surface area contributed by atoms with E-state index in [1.165, 1.54) is 0 Å². The van der Waals surface area contributed by atoms with E-state index in [-0.39, 0.29) is 0 Å². The van der Waals surface area contributed by atoms with E-state index in [0.717, 1.165) is 48.2 Å². The van der Waals surface area contributed by atoms with Crippen LogP contribution in [-0.4, -0.2) is 19.6 Å². The zero-order valence-corrected chi connectivity index (χ0v) is 11.3. The minimum Gasteiger partial charge on any atom is -0.370 e. The average Bonchev–Trinajstić information content (AvgIpc) is 2.39. The molecule has 1 aromatic rings. The number of hydrogen-bond donors (Lipinski definition) is 1. The van der Waals surface area contributed by atoms with Gasteiger partial charge in [0.25, 0.3) is 0 Å². The van der Waals surface area contributed by atoms with Crippen molar-refractivity contribution >= 4 is 21.6 Å². The van der Waals surface area contributed by atoms with E-state index in [4.69, 9.17) is 11.0 Å². The Morgan fingerprint density at radius 1 is 1.41 bits per heavy atom. The third kappa shape index (κ3) is 2.80. The van der Waals surface area contributed by atoms with E-state index < -0.39 is 0 Å². The van der Waals surface area contributed by atoms with E-state index in [0.29, 0.717) is 5.92 Å². The standard InChI is InChI=1S/C13H16BrN3/c14-12-1-2-13(11(7-12)9-16)17-5-3-10(8-15)4-6-17/h1-2,7,10H,3-6,8,15H2. The van der Waals surface area contributed by atoms with Crippen LogP contribution in [0.3, 0.4) is 0 Å². The van der Waals surface area contributed by atoms with Gasteiger partial charge in [-0.1, -0.05) is 15.9 Å². The first-order valence-corrected chi connectivity index (χ1v) is 6.68. The second-order valence-corrected chi connectivity index (χ2v) is 5.36. The molecule has 17 heavy (non-hydrogen) atoms. The Kier molecular flexibility index (Phi) is 4.03. The van der Waals surface area contributed by atoms with Crippen molar-refractivity contribution in [2.45, 2.75) is 12.8 Å². The lowest BCUT2D eigenvalue weighted by molar-refractivity contribution is 0.414. The van der Waals surface area contributed by atoms with Gasteiger partial charge >= 0.3 is 0 Å². The maximum absolute atomic E-state index is 9.15. The van der Waals surface area contributed by atoms with Crippen LogP contribution < -0.4 is 10.6 Å². The second kappa shape index (κ2) is 5.52. The third-order valence-corrected chi connectivity index (χ3v) is 3.86. The first kappa shape index (κ1) is 12.4. The predicted molar refractivity (Wildman–Crippen MR) is 72.8 cm³/mol. The Morgan fingerprint density at radius 3 is 2.71 bits per heavy atom. The van der Waals surface area contributed by atoms with Gasteiger partial charge in [-0.15, -0.1) is 0 Å². The lowest BCUT2D eigenvalue weighted by Crippen LogP contribution is -2.36. The SMILES string of the molecule is N#Cc1cc(Br)ccc1N1CCC(CN)CC1. The summed E-state index contributed by atoms with van der Waals surface area (Å²) >= 11 is 3.40. The maximum Gasteiger partial charge on any atom is 0.101 e. The molecular weight excluding hydrogens is 278 g/mol. The fourth-order valence-electron chi connectivity index (χ4n) is 2.28. The molecule has 2 N–H and O–H groups in total. The quantitative estimate of drug-likeness (QED) is 0.911. The Balaban J connectivity index is 2.16. The fraction of sp³-hybridized carbons (Fsp3) is 0.462. The highest BCUT2D eigenvalue weighted by Crippen LogP contribution is 2.27. The zero-order valence-electron chi connectivity index (χ0n) is 9.69. The predicted octanol–water partition coefficient (Wildman–Crippen LogP) is 2.50. The first-order valence-electron chi connectivity index (χ1n) is 5.89. The van der Waals surface area contributed by atoms with Gasteiger partial charge in [-0.05, 0) is 43.5 Å². The van der Waals surface area contributed by atoms with Gasteiger partial charge in [0.15, 0.2) is 0 Å². The van der Waals surface area contributed by atoms with Crippen LogP contribution in [0.2, 0.25) is 0 Å². The molecule has 0 unspecified atom stereocenters. The molecule has 0 aliphatic carbocycles. The van der Waals surface area contributed by atoms with Gasteiger partial charge in [0.2, 0.25) is 0 Å². The van der Waals surface area contributed by atoms with Crippen LogP contribution >= 0.6 is 15.9 Å². The number of benzene rings is 1. The van der Waals surface area contributed by atoms with Gasteiger partial charge in [-0.2, -0.15) is 5.26 Å². The summed E-state index contributed by atoms with van der Waals surface area (Å²) in [6, 6.07) is 8.15. The summed E-state index contributed by atoms with van der Waals surface area (Å²) in [6.07, 6.45) is 2.24. The van der Waals surface area contributed by atoms with E-state index in [2.05, 4.69) is 26.9 Å². The molecule has 0 aromatic heterocycles. The van der Waals surface area contributed by atoms with Crippen molar-refractivity contribution in [2.24, 2.45) is 11.7 Å². The monoisotopic (exact) mass is 293 g/mol. The van der Waals surface area contributed by atoms with E-state index in [1.54, 1.807) is 0 Å². The van der Waals surface area contributed by atoms with Gasteiger partial charge < -0.3 is 10.6 Å². The first-order chi connectivity index (χ1) is 8.24. The number of hydrogen-bond acceptors (Lipinski definition) is 3. The van der Waals surface area contributed by atoms with Crippen molar-refractivity contribution in [1.82, 2.24) is 0 Å². The Morgan fingerprint density at radius 2 is 2.12 bits per heavy atom. The maximum atomic E-state index is 9.15. The summed E-state index contributed by atoms with van der Waals surface area (Å²) in [5.74, 6) is 0.646. The zero-order chi connectivity index (χ0) is 12.3. The molecule has 1 saturated heterocycles. The molecule has 0 atom stereocenters. The topological polar surface area (TPSA) is 53.0 Å². The molecule has 1 aliphatic heterocycles. The molecule has 0 saturated carbocycles. The van der Waals surface area contributed by atoms with Crippen molar-refractivity contribution in [2.75, 3.05) is 24.5 Å². The molecule has 90 valence electrons. The normalized spacial score (nSPS) is 16.9. The fourth-order valence-corrected chi connectivity index (χ4v) is 2.64. The number of halogens is 1. The van der Waals surface area contributed by atoms with Gasteiger partial charge in [0, 0.05) is 17.6 Å². The van der Waals surface area contributed by atoms with Crippen LogP contribution in [0.4, 0.5) is 5.69 Å². The van der Waals surface area contributed by atoms with Crippen LogP contribution in [0.25, 0.3) is 0 Å². The molecule has 1 aromatic carbocycles. The highest BCUT2D eigenvalue weighted by molar-refractivity contribution is 9.10. The summed E-state index contributed by atoms with van der Waals surface area (Å²) < 4.78 is 0.953.